The zero-order valence-electron chi connectivity index (χ0n) is 21.5. The van der Waals surface area contributed by atoms with Crippen molar-refractivity contribution in [3.8, 4) is 11.3 Å². The highest BCUT2D eigenvalue weighted by atomic mass is 19.1. The van der Waals surface area contributed by atoms with Crippen LogP contribution < -0.4 is 5.32 Å². The lowest BCUT2D eigenvalue weighted by molar-refractivity contribution is -0.137. The Labute approximate surface area is 225 Å². The van der Waals surface area contributed by atoms with Gasteiger partial charge in [0.05, 0.1) is 28.5 Å². The van der Waals surface area contributed by atoms with E-state index >= 15 is 0 Å². The molecule has 0 aliphatic heterocycles. The third kappa shape index (κ3) is 5.93. The molecule has 39 heavy (non-hydrogen) atoms. The molecule has 0 saturated carbocycles. The van der Waals surface area contributed by atoms with Gasteiger partial charge in [0.2, 0.25) is 0 Å². The highest BCUT2D eigenvalue weighted by molar-refractivity contribution is 5.98. The van der Waals surface area contributed by atoms with Crippen molar-refractivity contribution in [1.29, 1.82) is 0 Å². The van der Waals surface area contributed by atoms with Crippen LogP contribution in [0.1, 0.15) is 53.8 Å². The van der Waals surface area contributed by atoms with Gasteiger partial charge in [-0.1, -0.05) is 42.5 Å². The number of halogens is 1. The van der Waals surface area contributed by atoms with Crippen molar-refractivity contribution in [2.24, 2.45) is 0 Å². The van der Waals surface area contributed by atoms with Crippen LogP contribution in [-0.2, 0) is 11.2 Å². The Morgan fingerprint density at radius 3 is 2.46 bits per heavy atom. The number of carboxylic acids is 1. The summed E-state index contributed by atoms with van der Waals surface area (Å²) in [7, 11) is 0. The van der Waals surface area contributed by atoms with Gasteiger partial charge in [0, 0.05) is 17.5 Å². The van der Waals surface area contributed by atoms with Crippen LogP contribution in [-0.4, -0.2) is 27.0 Å². The molecule has 0 saturated heterocycles. The molecule has 0 aliphatic carbocycles. The van der Waals surface area contributed by atoms with E-state index in [4.69, 9.17) is 15.1 Å². The molecule has 0 aliphatic rings. The van der Waals surface area contributed by atoms with E-state index in [9.17, 15) is 14.0 Å². The van der Waals surface area contributed by atoms with Gasteiger partial charge in [-0.3, -0.25) is 9.59 Å². The molecule has 1 atom stereocenters. The predicted molar refractivity (Wildman–Crippen MR) is 150 cm³/mol. The van der Waals surface area contributed by atoms with Crippen LogP contribution in [0.5, 0.6) is 0 Å². The van der Waals surface area contributed by atoms with Gasteiger partial charge in [-0.2, -0.15) is 0 Å². The molecule has 0 fully saturated rings. The normalized spacial score (nSPS) is 11.9. The third-order valence-electron chi connectivity index (χ3n) is 6.81. The number of fused-ring (bicyclic) bond motifs is 2. The summed E-state index contributed by atoms with van der Waals surface area (Å²) in [5, 5.41) is 14.3. The number of hydrogen-bond acceptors (Lipinski definition) is 4. The number of carboxylic acid groups (broad SMARTS) is 1. The quantitative estimate of drug-likeness (QED) is 0.206. The fourth-order valence-corrected chi connectivity index (χ4v) is 4.80. The maximum atomic E-state index is 13.5. The predicted octanol–water partition coefficient (Wildman–Crippen LogP) is 6.88. The SMILES string of the molecule is CC(NC(=O)c1ccc2nc(-c3ccc(F)cc3)c(CCCCC(=O)O)nc2c1)c1cccc2ccccc12. The first kappa shape index (κ1) is 26.0. The number of amides is 1. The number of hydrogen-bond donors (Lipinski definition) is 2. The average molecular weight is 522 g/mol. The molecule has 196 valence electrons. The van der Waals surface area contributed by atoms with Crippen LogP contribution in [0.3, 0.4) is 0 Å². The molecule has 1 unspecified atom stereocenters. The van der Waals surface area contributed by atoms with Crippen LogP contribution in [0.15, 0.2) is 84.9 Å². The first-order valence-electron chi connectivity index (χ1n) is 13.0. The molecule has 6 nitrogen and oxygen atoms in total. The first-order valence-corrected chi connectivity index (χ1v) is 13.0. The minimum atomic E-state index is -0.841. The molecule has 0 radical (unpaired) electrons. The van der Waals surface area contributed by atoms with Gasteiger partial charge in [-0.15, -0.1) is 0 Å². The van der Waals surface area contributed by atoms with E-state index in [1.165, 1.54) is 12.1 Å². The molecule has 1 amide bonds. The number of nitrogens with zero attached hydrogens (tertiary/aromatic N) is 2. The molecule has 5 aromatic rings. The standard InChI is InChI=1S/C32H28FN3O3/c1-20(25-10-6-8-21-7-2-3-9-26(21)25)34-32(39)23-15-18-27-29(19-23)35-28(11-4-5-12-30(37)38)31(36-27)22-13-16-24(33)17-14-22/h2-3,6-10,13-20H,4-5,11-12H2,1H3,(H,34,39)(H,37,38). The summed E-state index contributed by atoms with van der Waals surface area (Å²) < 4.78 is 13.5. The zero-order valence-corrected chi connectivity index (χ0v) is 21.5. The van der Waals surface area contributed by atoms with Gasteiger partial charge in [-0.25, -0.2) is 14.4 Å². The Balaban J connectivity index is 1.43. The molecular weight excluding hydrogens is 493 g/mol. The van der Waals surface area contributed by atoms with Crippen molar-refractivity contribution in [3.63, 3.8) is 0 Å². The number of carbonyl (C=O) groups excluding carboxylic acids is 1. The zero-order chi connectivity index (χ0) is 27.4. The van der Waals surface area contributed by atoms with Gasteiger partial charge < -0.3 is 10.4 Å². The van der Waals surface area contributed by atoms with E-state index in [-0.39, 0.29) is 24.2 Å². The van der Waals surface area contributed by atoms with Crippen LogP contribution >= 0.6 is 0 Å². The summed E-state index contributed by atoms with van der Waals surface area (Å²) in [6, 6.07) is 25.2. The Bertz CT molecular complexity index is 1660. The Morgan fingerprint density at radius 1 is 0.897 bits per heavy atom. The second kappa shape index (κ2) is 11.4. The Morgan fingerprint density at radius 2 is 1.67 bits per heavy atom. The van der Waals surface area contributed by atoms with E-state index in [0.717, 1.165) is 21.9 Å². The van der Waals surface area contributed by atoms with E-state index < -0.39 is 5.97 Å². The van der Waals surface area contributed by atoms with E-state index in [0.29, 0.717) is 47.2 Å². The van der Waals surface area contributed by atoms with Crippen molar-refractivity contribution in [3.05, 3.63) is 108 Å². The molecule has 1 heterocycles. The van der Waals surface area contributed by atoms with Crippen molar-refractivity contribution in [2.75, 3.05) is 0 Å². The van der Waals surface area contributed by atoms with Gasteiger partial charge >= 0.3 is 5.97 Å². The van der Waals surface area contributed by atoms with Crippen molar-refractivity contribution >= 4 is 33.7 Å². The van der Waals surface area contributed by atoms with Gasteiger partial charge in [0.25, 0.3) is 5.91 Å². The third-order valence-corrected chi connectivity index (χ3v) is 6.81. The molecular formula is C32H28FN3O3. The fourth-order valence-electron chi connectivity index (χ4n) is 4.80. The second-order valence-corrected chi connectivity index (χ2v) is 9.59. The topological polar surface area (TPSA) is 92.2 Å². The highest BCUT2D eigenvalue weighted by Gasteiger charge is 2.16. The molecule has 0 bridgehead atoms. The van der Waals surface area contributed by atoms with Crippen molar-refractivity contribution < 1.29 is 19.1 Å². The van der Waals surface area contributed by atoms with Crippen LogP contribution in [0.2, 0.25) is 0 Å². The lowest BCUT2D eigenvalue weighted by atomic mass is 9.99. The first-order chi connectivity index (χ1) is 18.9. The number of nitrogens with one attached hydrogen (secondary N) is 1. The largest absolute Gasteiger partial charge is 0.481 e. The van der Waals surface area contributed by atoms with Gasteiger partial charge in [0.1, 0.15) is 5.82 Å². The van der Waals surface area contributed by atoms with E-state index in [1.807, 2.05) is 31.2 Å². The highest BCUT2D eigenvalue weighted by Crippen LogP contribution is 2.27. The minimum absolute atomic E-state index is 0.0755. The molecule has 4 aromatic carbocycles. The number of unbranched alkanes of at least 4 members (excludes halogenated alkanes) is 1. The molecule has 5 rings (SSSR count). The van der Waals surface area contributed by atoms with E-state index in [2.05, 4.69) is 23.5 Å². The Hall–Kier alpha value is -4.65. The van der Waals surface area contributed by atoms with E-state index in [1.54, 1.807) is 30.3 Å². The smallest absolute Gasteiger partial charge is 0.303 e. The number of carbonyl (C=O) groups is 2. The lowest BCUT2D eigenvalue weighted by Crippen LogP contribution is -2.26. The van der Waals surface area contributed by atoms with Gasteiger partial charge in [-0.05, 0) is 85.0 Å². The number of rotatable bonds is 9. The molecule has 1 aromatic heterocycles. The fraction of sp³-hybridized carbons (Fsp3) is 0.188. The number of aryl methyl sites for hydroxylation is 1. The summed E-state index contributed by atoms with van der Waals surface area (Å²) in [5.41, 5.74) is 4.72. The van der Waals surface area contributed by atoms with Crippen LogP contribution in [0.4, 0.5) is 4.39 Å². The lowest BCUT2D eigenvalue weighted by Gasteiger charge is -2.17. The average Bonchev–Trinajstić information content (AvgIpc) is 2.94. The minimum Gasteiger partial charge on any atom is -0.481 e. The summed E-state index contributed by atoms with van der Waals surface area (Å²) in [5.74, 6) is -1.40. The molecule has 7 heteroatoms. The monoisotopic (exact) mass is 521 g/mol. The van der Waals surface area contributed by atoms with Crippen molar-refractivity contribution in [2.45, 2.75) is 38.6 Å². The summed E-state index contributed by atoms with van der Waals surface area (Å²) in [6.07, 6.45) is 1.71. The maximum Gasteiger partial charge on any atom is 0.303 e. The molecule has 0 spiro atoms. The summed E-state index contributed by atoms with van der Waals surface area (Å²) >= 11 is 0. The number of benzene rings is 4. The Kier molecular flexibility index (Phi) is 7.59. The van der Waals surface area contributed by atoms with Crippen molar-refractivity contribution in [1.82, 2.24) is 15.3 Å². The second-order valence-electron chi connectivity index (χ2n) is 9.59. The van der Waals surface area contributed by atoms with Gasteiger partial charge in [0.15, 0.2) is 0 Å². The number of aliphatic carboxylic acids is 1. The maximum absolute atomic E-state index is 13.5. The van der Waals surface area contributed by atoms with Crippen LogP contribution in [0, 0.1) is 5.82 Å². The summed E-state index contributed by atoms with van der Waals surface area (Å²) in [6.45, 7) is 1.96. The molecule has 2 N–H and O–H groups in total. The summed E-state index contributed by atoms with van der Waals surface area (Å²) in [4.78, 5) is 33.8. The van der Waals surface area contributed by atoms with Crippen LogP contribution in [0.25, 0.3) is 33.1 Å². The number of aromatic nitrogens is 2.